The van der Waals surface area contributed by atoms with Gasteiger partial charge in [-0.25, -0.2) is 0 Å². The average molecular weight is 319 g/mol. The highest BCUT2D eigenvalue weighted by molar-refractivity contribution is 6.31. The molecule has 1 fully saturated rings. The number of hydrogen-bond donors (Lipinski definition) is 0. The van der Waals surface area contributed by atoms with Gasteiger partial charge in [-0.05, 0) is 38.2 Å². The van der Waals surface area contributed by atoms with E-state index < -0.39 is 0 Å². The van der Waals surface area contributed by atoms with E-state index in [1.807, 2.05) is 13.1 Å². The van der Waals surface area contributed by atoms with Gasteiger partial charge in [0.2, 0.25) is 0 Å². The number of halogens is 1. The quantitative estimate of drug-likeness (QED) is 0.785. The average Bonchev–Trinajstić information content (AvgIpc) is 2.78. The molecule has 1 saturated heterocycles. The monoisotopic (exact) mass is 318 g/mol. The number of amides is 1. The fourth-order valence-electron chi connectivity index (χ4n) is 2.56. The van der Waals surface area contributed by atoms with Crippen molar-refractivity contribution >= 4 is 28.9 Å². The molecule has 1 amide bonds. The molecule has 116 valence electrons. The number of anilines is 1. The Morgan fingerprint density at radius 1 is 1.14 bits per heavy atom. The van der Waals surface area contributed by atoms with Crippen LogP contribution in [0.4, 0.5) is 5.69 Å². The Kier molecular flexibility index (Phi) is 4.18. The second-order valence-electron chi connectivity index (χ2n) is 5.66. The van der Waals surface area contributed by atoms with Crippen LogP contribution in [0.3, 0.4) is 0 Å². The Bertz CT molecular complexity index is 630. The summed E-state index contributed by atoms with van der Waals surface area (Å²) >= 11 is 5.89. The predicted molar refractivity (Wildman–Crippen MR) is 89.2 cm³/mol. The van der Waals surface area contributed by atoms with Gasteiger partial charge in [-0.15, -0.1) is 0 Å². The van der Waals surface area contributed by atoms with Crippen LogP contribution in [0.15, 0.2) is 41.1 Å². The topological polar surface area (TPSA) is 39.2 Å². The Morgan fingerprint density at radius 3 is 2.41 bits per heavy atom. The third-order valence-corrected chi connectivity index (χ3v) is 4.24. The third kappa shape index (κ3) is 3.00. The number of carbonyl (C=O) groups excluding carboxylic acids is 1. The zero-order valence-corrected chi connectivity index (χ0v) is 13.5. The van der Waals surface area contributed by atoms with Crippen LogP contribution in [0, 0.1) is 0 Å². The first kappa shape index (κ1) is 15.1. The van der Waals surface area contributed by atoms with E-state index in [0.717, 1.165) is 37.6 Å². The molecule has 0 aromatic heterocycles. The van der Waals surface area contributed by atoms with Crippen LogP contribution in [0.2, 0.25) is 5.02 Å². The number of nitrogens with zero attached hydrogens (tertiary/aromatic N) is 4. The molecule has 2 aliphatic heterocycles. The zero-order valence-electron chi connectivity index (χ0n) is 12.8. The first-order valence-electron chi connectivity index (χ1n) is 7.34. The van der Waals surface area contributed by atoms with Gasteiger partial charge in [0.15, 0.2) is 0 Å². The molecule has 22 heavy (non-hydrogen) atoms. The molecule has 2 aliphatic rings. The summed E-state index contributed by atoms with van der Waals surface area (Å²) in [4.78, 5) is 17.1. The van der Waals surface area contributed by atoms with Crippen molar-refractivity contribution in [2.75, 3.05) is 38.2 Å². The van der Waals surface area contributed by atoms with E-state index in [0.29, 0.717) is 10.6 Å². The minimum Gasteiger partial charge on any atom is -0.374 e. The van der Waals surface area contributed by atoms with Crippen molar-refractivity contribution in [2.24, 2.45) is 5.10 Å². The number of likely N-dealkylation sites (N-methyl/N-ethyl adjacent to an activating group) is 1. The summed E-state index contributed by atoms with van der Waals surface area (Å²) in [6.45, 7) is 5.75. The van der Waals surface area contributed by atoms with E-state index in [2.05, 4.69) is 21.9 Å². The smallest absolute Gasteiger partial charge is 0.282 e. The van der Waals surface area contributed by atoms with Crippen molar-refractivity contribution in [1.29, 1.82) is 0 Å². The highest BCUT2D eigenvalue weighted by Crippen LogP contribution is 2.25. The number of hydrazone groups is 1. The predicted octanol–water partition coefficient (Wildman–Crippen LogP) is 2.19. The summed E-state index contributed by atoms with van der Waals surface area (Å²) in [7, 11) is 2.11. The minimum absolute atomic E-state index is 0.0845. The van der Waals surface area contributed by atoms with Crippen LogP contribution in [0.25, 0.3) is 0 Å². The standard InChI is InChI=1S/C16H19ClN4O/c1-12-15(11-20-9-7-19(2)8-10-20)16(22)21(18-12)14-5-3-13(17)4-6-14/h3-6,11H,7-10H2,1-2H3/b15-11-. The molecular weight excluding hydrogens is 300 g/mol. The van der Waals surface area contributed by atoms with Crippen LogP contribution in [0.5, 0.6) is 0 Å². The molecule has 2 heterocycles. The maximum absolute atomic E-state index is 12.6. The Morgan fingerprint density at radius 2 is 1.77 bits per heavy atom. The molecule has 0 radical (unpaired) electrons. The van der Waals surface area contributed by atoms with Crippen molar-refractivity contribution in [3.8, 4) is 0 Å². The second kappa shape index (κ2) is 6.10. The van der Waals surface area contributed by atoms with Gasteiger partial charge in [0.25, 0.3) is 5.91 Å². The summed E-state index contributed by atoms with van der Waals surface area (Å²) in [5.41, 5.74) is 2.15. The van der Waals surface area contributed by atoms with Crippen LogP contribution in [-0.4, -0.2) is 54.6 Å². The van der Waals surface area contributed by atoms with Crippen molar-refractivity contribution in [2.45, 2.75) is 6.92 Å². The molecule has 3 rings (SSSR count). The third-order valence-electron chi connectivity index (χ3n) is 3.98. The van der Waals surface area contributed by atoms with Crippen LogP contribution in [0.1, 0.15) is 6.92 Å². The molecule has 0 bridgehead atoms. The fourth-order valence-corrected chi connectivity index (χ4v) is 2.68. The first-order valence-corrected chi connectivity index (χ1v) is 7.72. The summed E-state index contributed by atoms with van der Waals surface area (Å²) in [6.07, 6.45) is 1.95. The maximum Gasteiger partial charge on any atom is 0.282 e. The van der Waals surface area contributed by atoms with E-state index in [-0.39, 0.29) is 5.91 Å². The molecule has 5 nitrogen and oxygen atoms in total. The van der Waals surface area contributed by atoms with Gasteiger partial charge in [0.1, 0.15) is 0 Å². The van der Waals surface area contributed by atoms with E-state index >= 15 is 0 Å². The molecule has 1 aromatic carbocycles. The lowest BCUT2D eigenvalue weighted by molar-refractivity contribution is -0.114. The van der Waals surface area contributed by atoms with E-state index in [9.17, 15) is 4.79 Å². The lowest BCUT2D eigenvalue weighted by Crippen LogP contribution is -2.42. The normalized spacial score (nSPS) is 21.7. The molecule has 0 atom stereocenters. The lowest BCUT2D eigenvalue weighted by atomic mass is 10.2. The first-order chi connectivity index (χ1) is 10.5. The Balaban J connectivity index is 1.79. The highest BCUT2D eigenvalue weighted by Gasteiger charge is 2.29. The van der Waals surface area contributed by atoms with E-state index in [1.54, 1.807) is 24.3 Å². The highest BCUT2D eigenvalue weighted by atomic mass is 35.5. The SMILES string of the molecule is CC1=NN(c2ccc(Cl)cc2)C(=O)/C1=C\N1CCN(C)CC1. The molecule has 1 aromatic rings. The van der Waals surface area contributed by atoms with E-state index in [1.165, 1.54) is 5.01 Å². The van der Waals surface area contributed by atoms with Gasteiger partial charge < -0.3 is 9.80 Å². The van der Waals surface area contributed by atoms with Gasteiger partial charge in [0, 0.05) is 37.4 Å². The molecule has 6 heteroatoms. The van der Waals surface area contributed by atoms with Crippen LogP contribution >= 0.6 is 11.6 Å². The molecular formula is C16H19ClN4O. The summed E-state index contributed by atoms with van der Waals surface area (Å²) in [5.74, 6) is -0.0845. The summed E-state index contributed by atoms with van der Waals surface area (Å²) < 4.78 is 0. The largest absolute Gasteiger partial charge is 0.374 e. The molecule has 0 saturated carbocycles. The van der Waals surface area contributed by atoms with Gasteiger partial charge in [-0.2, -0.15) is 10.1 Å². The zero-order chi connectivity index (χ0) is 15.7. The van der Waals surface area contributed by atoms with Gasteiger partial charge in [-0.3, -0.25) is 4.79 Å². The molecule has 0 aliphatic carbocycles. The van der Waals surface area contributed by atoms with E-state index in [4.69, 9.17) is 11.6 Å². The summed E-state index contributed by atoms with van der Waals surface area (Å²) in [5, 5.41) is 6.46. The van der Waals surface area contributed by atoms with Crippen LogP contribution in [-0.2, 0) is 4.79 Å². The Labute approximate surface area is 135 Å². The fraction of sp³-hybridized carbons (Fsp3) is 0.375. The number of benzene rings is 1. The van der Waals surface area contributed by atoms with Crippen molar-refractivity contribution in [3.63, 3.8) is 0 Å². The number of hydrogen-bond acceptors (Lipinski definition) is 4. The van der Waals surface area contributed by atoms with Gasteiger partial charge >= 0.3 is 0 Å². The molecule has 0 N–H and O–H groups in total. The number of carbonyl (C=O) groups is 1. The van der Waals surface area contributed by atoms with Gasteiger partial charge in [-0.1, -0.05) is 11.6 Å². The lowest BCUT2D eigenvalue weighted by Gasteiger charge is -2.31. The van der Waals surface area contributed by atoms with Crippen molar-refractivity contribution in [1.82, 2.24) is 9.80 Å². The summed E-state index contributed by atoms with van der Waals surface area (Å²) in [6, 6.07) is 7.13. The van der Waals surface area contributed by atoms with Gasteiger partial charge in [0.05, 0.1) is 17.0 Å². The van der Waals surface area contributed by atoms with Crippen LogP contribution < -0.4 is 5.01 Å². The van der Waals surface area contributed by atoms with Crippen molar-refractivity contribution < 1.29 is 4.79 Å². The minimum atomic E-state index is -0.0845. The second-order valence-corrected chi connectivity index (χ2v) is 6.10. The van der Waals surface area contributed by atoms with Crippen molar-refractivity contribution in [3.05, 3.63) is 41.1 Å². The molecule has 0 spiro atoms. The number of piperazine rings is 1. The Hall–Kier alpha value is -1.85. The molecule has 0 unspecified atom stereocenters. The number of rotatable bonds is 2. The maximum atomic E-state index is 12.6.